The second kappa shape index (κ2) is 5.50. The first-order valence-electron chi connectivity index (χ1n) is 6.33. The average Bonchev–Trinajstić information content (AvgIpc) is 2.50. The number of fused-ring (bicyclic) bond motifs is 1. The molecule has 0 aliphatic heterocycles. The van der Waals surface area contributed by atoms with Crippen LogP contribution >= 0.6 is 11.6 Å². The van der Waals surface area contributed by atoms with Crippen molar-refractivity contribution in [2.75, 3.05) is 0 Å². The van der Waals surface area contributed by atoms with Gasteiger partial charge in [-0.2, -0.15) is 5.10 Å². The van der Waals surface area contributed by atoms with E-state index < -0.39 is 11.2 Å². The number of benzene rings is 2. The molecule has 110 valence electrons. The predicted octanol–water partition coefficient (Wildman–Crippen LogP) is 1.93. The number of halogens is 1. The molecule has 0 fully saturated rings. The lowest BCUT2D eigenvalue weighted by atomic mass is 10.2. The number of nitrogens with one attached hydrogen (secondary N) is 1. The molecule has 0 spiro atoms. The number of para-hydroxylation sites is 1. The Morgan fingerprint density at radius 2 is 1.95 bits per heavy atom. The van der Waals surface area contributed by atoms with Gasteiger partial charge in [0.25, 0.3) is 5.56 Å². The van der Waals surface area contributed by atoms with Crippen molar-refractivity contribution < 1.29 is 5.11 Å². The number of H-pyrrole nitrogens is 1. The Hall–Kier alpha value is -2.86. The van der Waals surface area contributed by atoms with Gasteiger partial charge in [-0.25, -0.2) is 4.79 Å². The zero-order valence-corrected chi connectivity index (χ0v) is 11.9. The first-order valence-corrected chi connectivity index (χ1v) is 6.71. The summed E-state index contributed by atoms with van der Waals surface area (Å²) in [4.78, 5) is 26.8. The maximum absolute atomic E-state index is 12.3. The van der Waals surface area contributed by atoms with Crippen molar-refractivity contribution in [1.82, 2.24) is 9.66 Å². The molecule has 1 aromatic heterocycles. The van der Waals surface area contributed by atoms with Crippen molar-refractivity contribution in [2.45, 2.75) is 0 Å². The van der Waals surface area contributed by atoms with Crippen molar-refractivity contribution in [3.8, 4) is 5.75 Å². The molecule has 22 heavy (non-hydrogen) atoms. The highest BCUT2D eigenvalue weighted by molar-refractivity contribution is 6.32. The van der Waals surface area contributed by atoms with E-state index in [2.05, 4.69) is 10.1 Å². The molecule has 3 aromatic rings. The second-order valence-corrected chi connectivity index (χ2v) is 4.96. The largest absolute Gasteiger partial charge is 0.506 e. The van der Waals surface area contributed by atoms with Crippen molar-refractivity contribution in [2.24, 2.45) is 5.10 Å². The molecule has 0 aliphatic carbocycles. The predicted molar refractivity (Wildman–Crippen MR) is 84.9 cm³/mol. The van der Waals surface area contributed by atoms with Crippen LogP contribution in [0, 0.1) is 0 Å². The van der Waals surface area contributed by atoms with E-state index in [1.165, 1.54) is 18.3 Å². The smallest absolute Gasteiger partial charge is 0.349 e. The van der Waals surface area contributed by atoms with Crippen LogP contribution in [-0.2, 0) is 0 Å². The van der Waals surface area contributed by atoms with Crippen LogP contribution in [0.5, 0.6) is 5.75 Å². The number of aromatic nitrogens is 2. The summed E-state index contributed by atoms with van der Waals surface area (Å²) in [6, 6.07) is 11.1. The van der Waals surface area contributed by atoms with Gasteiger partial charge in [0.15, 0.2) is 0 Å². The second-order valence-electron chi connectivity index (χ2n) is 4.55. The minimum atomic E-state index is -0.634. The quantitative estimate of drug-likeness (QED) is 0.708. The highest BCUT2D eigenvalue weighted by Crippen LogP contribution is 2.22. The van der Waals surface area contributed by atoms with Gasteiger partial charge in [0.1, 0.15) is 5.75 Å². The van der Waals surface area contributed by atoms with E-state index in [0.717, 1.165) is 4.68 Å². The van der Waals surface area contributed by atoms with Gasteiger partial charge in [-0.05, 0) is 35.9 Å². The first-order chi connectivity index (χ1) is 10.6. The lowest BCUT2D eigenvalue weighted by Gasteiger charge is -2.01. The lowest BCUT2D eigenvalue weighted by Crippen LogP contribution is -2.32. The van der Waals surface area contributed by atoms with Gasteiger partial charge >= 0.3 is 5.69 Å². The molecule has 0 unspecified atom stereocenters. The molecule has 0 saturated heterocycles. The van der Waals surface area contributed by atoms with Gasteiger partial charge in [-0.3, -0.25) is 4.79 Å². The van der Waals surface area contributed by atoms with Gasteiger partial charge < -0.3 is 10.1 Å². The molecule has 0 saturated carbocycles. The molecule has 1 heterocycles. The van der Waals surface area contributed by atoms with E-state index in [0.29, 0.717) is 16.5 Å². The normalized spacial score (nSPS) is 11.3. The Morgan fingerprint density at radius 3 is 2.73 bits per heavy atom. The number of phenols is 1. The Bertz CT molecular complexity index is 1000. The summed E-state index contributed by atoms with van der Waals surface area (Å²) in [5, 5.41) is 13.8. The SMILES string of the molecule is O=c1[nH]c2ccccc2c(=O)n1/N=C/c1ccc(O)c(Cl)c1. The van der Waals surface area contributed by atoms with Crippen LogP contribution in [0.3, 0.4) is 0 Å². The van der Waals surface area contributed by atoms with E-state index >= 15 is 0 Å². The van der Waals surface area contributed by atoms with Gasteiger partial charge in [0.05, 0.1) is 22.1 Å². The van der Waals surface area contributed by atoms with Crippen molar-refractivity contribution in [3.63, 3.8) is 0 Å². The molecule has 0 amide bonds. The minimum absolute atomic E-state index is 0.0560. The molecule has 3 rings (SSSR count). The Labute approximate surface area is 128 Å². The summed E-state index contributed by atoms with van der Waals surface area (Å²) in [6.45, 7) is 0. The van der Waals surface area contributed by atoms with Crippen LogP contribution in [0.25, 0.3) is 10.9 Å². The number of hydrogen-bond acceptors (Lipinski definition) is 4. The van der Waals surface area contributed by atoms with Crippen molar-refractivity contribution in [3.05, 3.63) is 73.9 Å². The Morgan fingerprint density at radius 1 is 1.18 bits per heavy atom. The van der Waals surface area contributed by atoms with Gasteiger partial charge in [-0.1, -0.05) is 23.7 Å². The number of phenolic OH excluding ortho intramolecular Hbond substituents is 1. The highest BCUT2D eigenvalue weighted by atomic mass is 35.5. The van der Waals surface area contributed by atoms with Crippen LogP contribution in [0.4, 0.5) is 0 Å². The van der Waals surface area contributed by atoms with Crippen LogP contribution < -0.4 is 11.2 Å². The summed E-state index contributed by atoms with van der Waals surface area (Å²) in [7, 11) is 0. The Balaban J connectivity index is 2.10. The van der Waals surface area contributed by atoms with E-state index in [1.807, 2.05) is 0 Å². The topological polar surface area (TPSA) is 87.5 Å². The number of aromatic amines is 1. The third-order valence-corrected chi connectivity index (χ3v) is 3.38. The zero-order valence-electron chi connectivity index (χ0n) is 11.2. The third kappa shape index (κ3) is 2.51. The van der Waals surface area contributed by atoms with E-state index in [-0.39, 0.29) is 10.8 Å². The summed E-state index contributed by atoms with van der Waals surface area (Å²) in [5.74, 6) is -0.0560. The summed E-state index contributed by atoms with van der Waals surface area (Å²) >= 11 is 5.79. The van der Waals surface area contributed by atoms with Gasteiger partial charge in [0.2, 0.25) is 0 Å². The number of rotatable bonds is 2. The molecular weight excluding hydrogens is 306 g/mol. The summed E-state index contributed by atoms with van der Waals surface area (Å²) in [5.41, 5.74) is -0.149. The van der Waals surface area contributed by atoms with Crippen LogP contribution in [0.2, 0.25) is 5.02 Å². The Kier molecular flexibility index (Phi) is 3.52. The number of hydrogen-bond donors (Lipinski definition) is 2. The number of aromatic hydroxyl groups is 1. The molecule has 0 radical (unpaired) electrons. The van der Waals surface area contributed by atoms with Crippen molar-refractivity contribution >= 4 is 28.7 Å². The molecule has 2 N–H and O–H groups in total. The maximum atomic E-state index is 12.3. The van der Waals surface area contributed by atoms with Crippen LogP contribution in [0.15, 0.2) is 57.2 Å². The number of nitrogens with zero attached hydrogens (tertiary/aromatic N) is 2. The van der Waals surface area contributed by atoms with E-state index in [4.69, 9.17) is 11.6 Å². The minimum Gasteiger partial charge on any atom is -0.506 e. The molecule has 6 nitrogen and oxygen atoms in total. The molecule has 0 aliphatic rings. The molecule has 2 aromatic carbocycles. The average molecular weight is 316 g/mol. The van der Waals surface area contributed by atoms with Gasteiger partial charge in [0, 0.05) is 0 Å². The molecule has 7 heteroatoms. The van der Waals surface area contributed by atoms with Gasteiger partial charge in [-0.15, -0.1) is 4.68 Å². The lowest BCUT2D eigenvalue weighted by molar-refractivity contribution is 0.475. The molecule has 0 bridgehead atoms. The monoisotopic (exact) mass is 315 g/mol. The maximum Gasteiger partial charge on any atom is 0.349 e. The zero-order chi connectivity index (χ0) is 15.7. The van der Waals surface area contributed by atoms with E-state index in [1.54, 1.807) is 30.3 Å². The summed E-state index contributed by atoms with van der Waals surface area (Å²) in [6.07, 6.45) is 1.32. The summed E-state index contributed by atoms with van der Waals surface area (Å²) < 4.78 is 0.739. The third-order valence-electron chi connectivity index (χ3n) is 3.08. The molecular formula is C15H10ClN3O3. The highest BCUT2D eigenvalue weighted by Gasteiger charge is 2.05. The standard InChI is InChI=1S/C15H10ClN3O3/c16-11-7-9(5-6-13(11)20)8-17-19-14(21)10-3-1-2-4-12(10)18-15(19)22/h1-8,20H,(H,18,22)/b17-8+. The molecule has 0 atom stereocenters. The van der Waals surface area contributed by atoms with Crippen LogP contribution in [0.1, 0.15) is 5.56 Å². The van der Waals surface area contributed by atoms with Crippen molar-refractivity contribution in [1.29, 1.82) is 0 Å². The first kappa shape index (κ1) is 14.1. The fourth-order valence-electron chi connectivity index (χ4n) is 1.99. The van der Waals surface area contributed by atoms with E-state index in [9.17, 15) is 14.7 Å². The fraction of sp³-hybridized carbons (Fsp3) is 0. The fourth-order valence-corrected chi connectivity index (χ4v) is 2.17. The van der Waals surface area contributed by atoms with Crippen LogP contribution in [-0.4, -0.2) is 21.0 Å².